The molecule has 0 aromatic carbocycles. The van der Waals surface area contributed by atoms with Gasteiger partial charge in [-0.05, 0) is 0 Å². The largest absolute Gasteiger partial charge is 0.480 e. The number of rotatable bonds is 4. The molecule has 0 bridgehead atoms. The lowest BCUT2D eigenvalue weighted by Crippen LogP contribution is -2.28. The van der Waals surface area contributed by atoms with Crippen molar-refractivity contribution in [2.24, 2.45) is 0 Å². The first kappa shape index (κ1) is 11.5. The SMILES string of the molecule is O=C(O)CNC(=O)C=C(F)C(F)F. The van der Waals surface area contributed by atoms with Crippen LogP contribution in [0.1, 0.15) is 0 Å². The van der Waals surface area contributed by atoms with Crippen LogP contribution in [0.5, 0.6) is 0 Å². The standard InChI is InChI=1S/C6H6F3NO3/c7-3(6(8)9)1-4(11)10-2-5(12)13/h1,6H,2H2,(H,10,11)(H,12,13). The molecule has 0 aromatic heterocycles. The first-order chi connectivity index (χ1) is 5.93. The minimum Gasteiger partial charge on any atom is -0.480 e. The molecule has 2 N–H and O–H groups in total. The number of alkyl halides is 2. The smallest absolute Gasteiger partial charge is 0.322 e. The van der Waals surface area contributed by atoms with Crippen LogP contribution in [0, 0.1) is 0 Å². The van der Waals surface area contributed by atoms with Crippen molar-refractivity contribution >= 4 is 11.9 Å². The summed E-state index contributed by atoms with van der Waals surface area (Å²) in [5, 5.41) is 9.71. The van der Waals surface area contributed by atoms with Crippen LogP contribution in [0.25, 0.3) is 0 Å². The van der Waals surface area contributed by atoms with E-state index in [9.17, 15) is 22.8 Å². The van der Waals surface area contributed by atoms with E-state index >= 15 is 0 Å². The number of allylic oxidation sites excluding steroid dienone is 1. The zero-order valence-electron chi connectivity index (χ0n) is 6.26. The molecule has 74 valence electrons. The summed E-state index contributed by atoms with van der Waals surface area (Å²) in [6.07, 6.45) is -3.36. The number of halogens is 3. The number of nitrogens with one attached hydrogen (secondary N) is 1. The van der Waals surface area contributed by atoms with Gasteiger partial charge in [-0.15, -0.1) is 0 Å². The van der Waals surface area contributed by atoms with E-state index in [0.717, 1.165) is 0 Å². The van der Waals surface area contributed by atoms with Gasteiger partial charge in [0.2, 0.25) is 5.91 Å². The zero-order valence-corrected chi connectivity index (χ0v) is 6.26. The molecule has 4 nitrogen and oxygen atoms in total. The molecule has 0 aliphatic carbocycles. The van der Waals surface area contributed by atoms with Crippen molar-refractivity contribution in [1.29, 1.82) is 0 Å². The Labute approximate surface area is 71.0 Å². The van der Waals surface area contributed by atoms with E-state index in [1.54, 1.807) is 5.32 Å². The molecule has 0 rings (SSSR count). The van der Waals surface area contributed by atoms with E-state index in [-0.39, 0.29) is 6.08 Å². The third-order valence-electron chi connectivity index (χ3n) is 0.891. The van der Waals surface area contributed by atoms with Crippen molar-refractivity contribution in [2.75, 3.05) is 6.54 Å². The normalized spacial score (nSPS) is 11.5. The second kappa shape index (κ2) is 5.18. The molecule has 1 amide bonds. The molecule has 0 fully saturated rings. The molecule has 7 heteroatoms. The van der Waals surface area contributed by atoms with Crippen LogP contribution in [0.3, 0.4) is 0 Å². The molecule has 0 radical (unpaired) electrons. The Morgan fingerprint density at radius 3 is 2.38 bits per heavy atom. The molecule has 13 heavy (non-hydrogen) atoms. The third kappa shape index (κ3) is 5.71. The predicted molar refractivity (Wildman–Crippen MR) is 35.8 cm³/mol. The van der Waals surface area contributed by atoms with Gasteiger partial charge in [0.05, 0.1) is 0 Å². The molecule has 0 aliphatic heterocycles. The molecule has 0 aromatic rings. The van der Waals surface area contributed by atoms with Gasteiger partial charge in [-0.1, -0.05) is 0 Å². The summed E-state index contributed by atoms with van der Waals surface area (Å²) in [5.74, 6) is -4.46. The Morgan fingerprint density at radius 2 is 2.00 bits per heavy atom. The maximum Gasteiger partial charge on any atom is 0.322 e. The fourth-order valence-electron chi connectivity index (χ4n) is 0.402. The Hall–Kier alpha value is -1.53. The number of carbonyl (C=O) groups excluding carboxylic acids is 1. The summed E-state index contributed by atoms with van der Waals surface area (Å²) in [5.41, 5.74) is 0. The number of amides is 1. The van der Waals surface area contributed by atoms with Gasteiger partial charge in [-0.2, -0.15) is 0 Å². The van der Waals surface area contributed by atoms with Gasteiger partial charge in [0, 0.05) is 6.08 Å². The second-order valence-corrected chi connectivity index (χ2v) is 1.94. The van der Waals surface area contributed by atoms with Crippen molar-refractivity contribution in [1.82, 2.24) is 5.32 Å². The first-order valence-electron chi connectivity index (χ1n) is 3.08. The van der Waals surface area contributed by atoms with Crippen LogP contribution in [-0.2, 0) is 9.59 Å². The number of carboxylic acids is 1. The lowest BCUT2D eigenvalue weighted by atomic mass is 10.4. The van der Waals surface area contributed by atoms with E-state index in [1.165, 1.54) is 0 Å². The van der Waals surface area contributed by atoms with Gasteiger partial charge in [-0.3, -0.25) is 9.59 Å². The maximum atomic E-state index is 12.0. The molecular weight excluding hydrogens is 191 g/mol. The van der Waals surface area contributed by atoms with Crippen LogP contribution in [-0.4, -0.2) is 30.0 Å². The van der Waals surface area contributed by atoms with Gasteiger partial charge in [0.1, 0.15) is 6.54 Å². The Balaban J connectivity index is 4.00. The van der Waals surface area contributed by atoms with Crippen molar-refractivity contribution in [3.05, 3.63) is 11.9 Å². The van der Waals surface area contributed by atoms with Gasteiger partial charge < -0.3 is 10.4 Å². The minimum atomic E-state index is -3.37. The predicted octanol–water partition coefficient (Wildman–Crippen LogP) is 0.306. The monoisotopic (exact) mass is 197 g/mol. The Bertz CT molecular complexity index is 239. The van der Waals surface area contributed by atoms with E-state index in [0.29, 0.717) is 0 Å². The van der Waals surface area contributed by atoms with E-state index in [1.807, 2.05) is 0 Å². The lowest BCUT2D eigenvalue weighted by molar-refractivity contribution is -0.137. The summed E-state index contributed by atoms with van der Waals surface area (Å²) in [6.45, 7) is -0.744. The molecular formula is C6H6F3NO3. The minimum absolute atomic E-state index is 0.00755. The van der Waals surface area contributed by atoms with Crippen molar-refractivity contribution in [2.45, 2.75) is 6.43 Å². The third-order valence-corrected chi connectivity index (χ3v) is 0.891. The number of hydrogen-bond acceptors (Lipinski definition) is 2. The van der Waals surface area contributed by atoms with Crippen LogP contribution >= 0.6 is 0 Å². The molecule has 0 atom stereocenters. The Morgan fingerprint density at radius 1 is 1.46 bits per heavy atom. The fourth-order valence-corrected chi connectivity index (χ4v) is 0.402. The Kier molecular flexibility index (Phi) is 4.57. The number of aliphatic carboxylic acids is 1. The van der Waals surface area contributed by atoms with Gasteiger partial charge >= 0.3 is 5.97 Å². The van der Waals surface area contributed by atoms with Crippen molar-refractivity contribution < 1.29 is 27.9 Å². The fraction of sp³-hybridized carbons (Fsp3) is 0.333. The van der Waals surface area contributed by atoms with Gasteiger partial charge in [-0.25, -0.2) is 13.2 Å². The number of hydrogen-bond donors (Lipinski definition) is 2. The number of carbonyl (C=O) groups is 2. The lowest BCUT2D eigenvalue weighted by Gasteiger charge is -1.97. The molecule has 0 unspecified atom stereocenters. The summed E-state index contributed by atoms with van der Waals surface area (Å²) in [6, 6.07) is 0. The van der Waals surface area contributed by atoms with Crippen LogP contribution in [0.4, 0.5) is 13.2 Å². The highest BCUT2D eigenvalue weighted by molar-refractivity contribution is 5.90. The molecule has 0 heterocycles. The second-order valence-electron chi connectivity index (χ2n) is 1.94. The zero-order chi connectivity index (χ0) is 10.4. The summed E-state index contributed by atoms with van der Waals surface area (Å²) < 4.78 is 34.9. The summed E-state index contributed by atoms with van der Waals surface area (Å²) >= 11 is 0. The quantitative estimate of drug-likeness (QED) is 0.637. The average molecular weight is 197 g/mol. The van der Waals surface area contributed by atoms with Gasteiger partial charge in [0.25, 0.3) is 6.43 Å². The highest BCUT2D eigenvalue weighted by Crippen LogP contribution is 2.08. The topological polar surface area (TPSA) is 66.4 Å². The first-order valence-corrected chi connectivity index (χ1v) is 3.08. The van der Waals surface area contributed by atoms with E-state index in [4.69, 9.17) is 5.11 Å². The summed E-state index contributed by atoms with van der Waals surface area (Å²) in [4.78, 5) is 20.3. The summed E-state index contributed by atoms with van der Waals surface area (Å²) in [7, 11) is 0. The molecule has 0 saturated heterocycles. The number of carboxylic acid groups (broad SMARTS) is 1. The van der Waals surface area contributed by atoms with E-state index in [2.05, 4.69) is 0 Å². The average Bonchev–Trinajstić information content (AvgIpc) is 2.00. The van der Waals surface area contributed by atoms with Crippen LogP contribution in [0.15, 0.2) is 11.9 Å². The van der Waals surface area contributed by atoms with Crippen LogP contribution < -0.4 is 5.32 Å². The highest BCUT2D eigenvalue weighted by atomic mass is 19.3. The van der Waals surface area contributed by atoms with Crippen molar-refractivity contribution in [3.8, 4) is 0 Å². The molecule has 0 saturated carbocycles. The van der Waals surface area contributed by atoms with Crippen LogP contribution in [0.2, 0.25) is 0 Å². The molecule has 0 aliphatic rings. The van der Waals surface area contributed by atoms with Gasteiger partial charge in [0.15, 0.2) is 5.83 Å². The maximum absolute atomic E-state index is 12.0. The molecule has 0 spiro atoms. The van der Waals surface area contributed by atoms with Crippen molar-refractivity contribution in [3.63, 3.8) is 0 Å². The highest BCUT2D eigenvalue weighted by Gasteiger charge is 2.12. The van der Waals surface area contributed by atoms with E-state index < -0.39 is 30.7 Å².